The van der Waals surface area contributed by atoms with Crippen LogP contribution >= 0.6 is 12.4 Å². The second kappa shape index (κ2) is 8.61. The Morgan fingerprint density at radius 2 is 2.10 bits per heavy atom. The van der Waals surface area contributed by atoms with Crippen molar-refractivity contribution in [2.75, 3.05) is 7.11 Å². The van der Waals surface area contributed by atoms with Gasteiger partial charge in [-0.25, -0.2) is 0 Å². The zero-order chi connectivity index (χ0) is 13.5. The molecule has 20 heavy (non-hydrogen) atoms. The van der Waals surface area contributed by atoms with Gasteiger partial charge in [0.2, 0.25) is 0 Å². The van der Waals surface area contributed by atoms with Crippen molar-refractivity contribution >= 4 is 12.4 Å². The van der Waals surface area contributed by atoms with Crippen LogP contribution < -0.4 is 10.1 Å². The molecule has 1 heterocycles. The number of nitrogens with zero attached hydrogens (tertiary/aromatic N) is 2. The Balaban J connectivity index is 0.00000200. The molecule has 2 rings (SSSR count). The summed E-state index contributed by atoms with van der Waals surface area (Å²) in [7, 11) is 1.69. The first kappa shape index (κ1) is 16.5. The minimum atomic E-state index is 0. The van der Waals surface area contributed by atoms with Gasteiger partial charge >= 0.3 is 0 Å². The number of aryl methyl sites for hydroxylation is 1. The average molecular weight is 296 g/mol. The van der Waals surface area contributed by atoms with Gasteiger partial charge in [0.05, 0.1) is 12.8 Å². The minimum absolute atomic E-state index is 0. The highest BCUT2D eigenvalue weighted by molar-refractivity contribution is 5.85. The topological polar surface area (TPSA) is 39.1 Å². The summed E-state index contributed by atoms with van der Waals surface area (Å²) in [6, 6.07) is 10.2. The Hall–Kier alpha value is -1.52. The highest BCUT2D eigenvalue weighted by Crippen LogP contribution is 2.12. The van der Waals surface area contributed by atoms with Gasteiger partial charge in [0.25, 0.3) is 0 Å². The summed E-state index contributed by atoms with van der Waals surface area (Å²) in [6.45, 7) is 4.74. The fraction of sp³-hybridized carbons (Fsp3) is 0.400. The minimum Gasteiger partial charge on any atom is -0.497 e. The van der Waals surface area contributed by atoms with Crippen molar-refractivity contribution in [3.05, 3.63) is 47.8 Å². The zero-order valence-corrected chi connectivity index (χ0v) is 12.8. The average Bonchev–Trinajstić information content (AvgIpc) is 2.87. The lowest BCUT2D eigenvalue weighted by atomic mass is 10.2. The van der Waals surface area contributed by atoms with Gasteiger partial charge in [0.15, 0.2) is 0 Å². The maximum absolute atomic E-state index is 5.21. The molecule has 1 N–H and O–H groups in total. The summed E-state index contributed by atoms with van der Waals surface area (Å²) in [6.07, 6.45) is 3.14. The summed E-state index contributed by atoms with van der Waals surface area (Å²) >= 11 is 0. The van der Waals surface area contributed by atoms with Gasteiger partial charge in [-0.2, -0.15) is 5.10 Å². The molecular weight excluding hydrogens is 274 g/mol. The van der Waals surface area contributed by atoms with E-state index in [0.717, 1.165) is 37.5 Å². The Kier molecular flexibility index (Phi) is 7.12. The Morgan fingerprint density at radius 3 is 2.85 bits per heavy atom. The molecule has 1 aromatic heterocycles. The molecule has 0 unspecified atom stereocenters. The van der Waals surface area contributed by atoms with E-state index >= 15 is 0 Å². The third-order valence-corrected chi connectivity index (χ3v) is 2.92. The Bertz CT molecular complexity index is 513. The van der Waals surface area contributed by atoms with Crippen molar-refractivity contribution in [3.63, 3.8) is 0 Å². The van der Waals surface area contributed by atoms with Crippen LogP contribution in [0, 0.1) is 0 Å². The maximum atomic E-state index is 5.21. The lowest BCUT2D eigenvalue weighted by Crippen LogP contribution is -2.13. The number of benzene rings is 1. The number of rotatable bonds is 7. The molecular formula is C15H22ClN3O. The summed E-state index contributed by atoms with van der Waals surface area (Å²) < 4.78 is 7.19. The van der Waals surface area contributed by atoms with Gasteiger partial charge in [-0.3, -0.25) is 4.68 Å². The van der Waals surface area contributed by atoms with E-state index in [-0.39, 0.29) is 12.4 Å². The predicted octanol–water partition coefficient (Wildman–Crippen LogP) is 3.01. The van der Waals surface area contributed by atoms with Crippen molar-refractivity contribution in [1.82, 2.24) is 15.1 Å². The van der Waals surface area contributed by atoms with Gasteiger partial charge in [-0.15, -0.1) is 12.4 Å². The van der Waals surface area contributed by atoms with Crippen LogP contribution in [0.5, 0.6) is 5.75 Å². The van der Waals surface area contributed by atoms with E-state index in [4.69, 9.17) is 4.74 Å². The van der Waals surface area contributed by atoms with Gasteiger partial charge < -0.3 is 10.1 Å². The highest BCUT2D eigenvalue weighted by Gasteiger charge is 1.99. The summed E-state index contributed by atoms with van der Waals surface area (Å²) in [5.41, 5.74) is 2.30. The molecule has 0 radical (unpaired) electrons. The summed E-state index contributed by atoms with van der Waals surface area (Å²) in [5, 5.41) is 7.89. The molecule has 0 aliphatic rings. The molecule has 4 nitrogen and oxygen atoms in total. The first-order valence-electron chi connectivity index (χ1n) is 6.68. The lowest BCUT2D eigenvalue weighted by Gasteiger charge is -2.05. The van der Waals surface area contributed by atoms with Crippen molar-refractivity contribution in [2.24, 2.45) is 0 Å². The first-order valence-corrected chi connectivity index (χ1v) is 6.68. The number of halogens is 1. The van der Waals surface area contributed by atoms with Crippen molar-refractivity contribution in [2.45, 2.75) is 33.0 Å². The largest absolute Gasteiger partial charge is 0.497 e. The number of aromatic nitrogens is 2. The van der Waals surface area contributed by atoms with E-state index in [9.17, 15) is 0 Å². The van der Waals surface area contributed by atoms with Gasteiger partial charge in [0, 0.05) is 25.8 Å². The van der Waals surface area contributed by atoms with E-state index in [1.807, 2.05) is 29.1 Å². The molecule has 0 amide bonds. The molecule has 0 fully saturated rings. The van der Waals surface area contributed by atoms with Crippen LogP contribution in [-0.4, -0.2) is 16.9 Å². The van der Waals surface area contributed by atoms with Crippen LogP contribution in [0.1, 0.15) is 24.6 Å². The van der Waals surface area contributed by atoms with Crippen LogP contribution in [0.3, 0.4) is 0 Å². The van der Waals surface area contributed by atoms with Crippen LogP contribution in [0.2, 0.25) is 0 Å². The number of ether oxygens (including phenoxy) is 1. The zero-order valence-electron chi connectivity index (χ0n) is 12.0. The molecule has 110 valence electrons. The fourth-order valence-corrected chi connectivity index (χ4v) is 1.97. The Morgan fingerprint density at radius 1 is 1.25 bits per heavy atom. The van der Waals surface area contributed by atoms with Gasteiger partial charge in [-0.1, -0.05) is 19.1 Å². The number of hydrogen-bond donors (Lipinski definition) is 1. The standard InChI is InChI=1S/C15H21N3O.ClH/c1-3-8-18-9-7-14(17-18)12-16-11-13-5-4-6-15(10-13)19-2;/h4-7,9-10,16H,3,8,11-12H2,1-2H3;1H. The van der Waals surface area contributed by atoms with E-state index in [2.05, 4.69) is 29.5 Å². The van der Waals surface area contributed by atoms with Gasteiger partial charge in [-0.05, 0) is 30.2 Å². The second-order valence-corrected chi connectivity index (χ2v) is 4.53. The molecule has 0 bridgehead atoms. The Labute approximate surface area is 126 Å². The molecule has 0 spiro atoms. The summed E-state index contributed by atoms with van der Waals surface area (Å²) in [5.74, 6) is 0.895. The number of hydrogen-bond acceptors (Lipinski definition) is 3. The lowest BCUT2D eigenvalue weighted by molar-refractivity contribution is 0.414. The molecule has 0 aliphatic carbocycles. The molecule has 1 aromatic carbocycles. The van der Waals surface area contributed by atoms with Crippen molar-refractivity contribution in [3.8, 4) is 5.75 Å². The van der Waals surface area contributed by atoms with E-state index < -0.39 is 0 Å². The second-order valence-electron chi connectivity index (χ2n) is 4.53. The molecule has 5 heteroatoms. The quantitative estimate of drug-likeness (QED) is 0.853. The maximum Gasteiger partial charge on any atom is 0.119 e. The third-order valence-electron chi connectivity index (χ3n) is 2.92. The van der Waals surface area contributed by atoms with E-state index in [1.54, 1.807) is 7.11 Å². The summed E-state index contributed by atoms with van der Waals surface area (Å²) in [4.78, 5) is 0. The van der Waals surface area contributed by atoms with Crippen LogP contribution in [0.4, 0.5) is 0 Å². The van der Waals surface area contributed by atoms with Crippen molar-refractivity contribution < 1.29 is 4.74 Å². The van der Waals surface area contributed by atoms with Crippen LogP contribution in [0.25, 0.3) is 0 Å². The predicted molar refractivity (Wildman–Crippen MR) is 83.3 cm³/mol. The normalized spacial score (nSPS) is 10.1. The van der Waals surface area contributed by atoms with Crippen molar-refractivity contribution in [1.29, 1.82) is 0 Å². The number of nitrogens with one attached hydrogen (secondary N) is 1. The molecule has 0 aliphatic heterocycles. The van der Waals surface area contributed by atoms with Crippen LogP contribution in [-0.2, 0) is 19.6 Å². The molecule has 0 saturated heterocycles. The molecule has 0 saturated carbocycles. The van der Waals surface area contributed by atoms with Crippen LogP contribution in [0.15, 0.2) is 36.5 Å². The van der Waals surface area contributed by atoms with E-state index in [0.29, 0.717) is 0 Å². The monoisotopic (exact) mass is 295 g/mol. The molecule has 2 aromatic rings. The fourth-order valence-electron chi connectivity index (χ4n) is 1.97. The van der Waals surface area contributed by atoms with E-state index in [1.165, 1.54) is 5.56 Å². The van der Waals surface area contributed by atoms with Gasteiger partial charge in [0.1, 0.15) is 5.75 Å². The smallest absolute Gasteiger partial charge is 0.119 e. The number of methoxy groups -OCH3 is 1. The SMILES string of the molecule is CCCn1ccc(CNCc2cccc(OC)c2)n1.Cl. The first-order chi connectivity index (χ1) is 9.31. The highest BCUT2D eigenvalue weighted by atomic mass is 35.5. The molecule has 0 atom stereocenters. The third kappa shape index (κ3) is 4.87.